The Bertz CT molecular complexity index is 379. The van der Waals surface area contributed by atoms with Crippen molar-refractivity contribution in [3.05, 3.63) is 18.1 Å². The zero-order valence-corrected chi connectivity index (χ0v) is 11.8. The van der Waals surface area contributed by atoms with Crippen molar-refractivity contribution in [3.8, 4) is 0 Å². The van der Waals surface area contributed by atoms with Gasteiger partial charge in [0.15, 0.2) is 0 Å². The zero-order valence-electron chi connectivity index (χ0n) is 11.8. The van der Waals surface area contributed by atoms with Crippen LogP contribution in [0.4, 0.5) is 5.82 Å². The van der Waals surface area contributed by atoms with Crippen LogP contribution in [0.15, 0.2) is 12.4 Å². The molecule has 0 bridgehead atoms. The molecule has 0 aliphatic carbocycles. The highest BCUT2D eigenvalue weighted by molar-refractivity contribution is 5.91. The van der Waals surface area contributed by atoms with Crippen LogP contribution in [0.2, 0.25) is 0 Å². The van der Waals surface area contributed by atoms with Gasteiger partial charge in [0.05, 0.1) is 18.5 Å². The van der Waals surface area contributed by atoms with E-state index in [9.17, 15) is 4.79 Å². The van der Waals surface area contributed by atoms with Crippen LogP contribution in [-0.4, -0.2) is 42.2 Å². The molecule has 106 valence electrons. The molecule has 6 heteroatoms. The van der Waals surface area contributed by atoms with Gasteiger partial charge in [0.2, 0.25) is 0 Å². The lowest BCUT2D eigenvalue weighted by Gasteiger charge is -2.07. The van der Waals surface area contributed by atoms with E-state index in [2.05, 4.69) is 20.6 Å². The molecule has 0 fully saturated rings. The number of amides is 1. The summed E-state index contributed by atoms with van der Waals surface area (Å²) in [5.74, 6) is 0.447. The van der Waals surface area contributed by atoms with Gasteiger partial charge in [0.1, 0.15) is 11.5 Å². The number of hydrogen-bond donors (Lipinski definition) is 2. The minimum atomic E-state index is -0.195. The first-order valence-corrected chi connectivity index (χ1v) is 6.53. The summed E-state index contributed by atoms with van der Waals surface area (Å²) in [5.41, 5.74) is 0.331. The second kappa shape index (κ2) is 8.42. The topological polar surface area (TPSA) is 76.1 Å². The molecular formula is C13H22N4O2. The van der Waals surface area contributed by atoms with Crippen molar-refractivity contribution >= 4 is 11.7 Å². The molecule has 0 aliphatic heterocycles. The number of ether oxygens (including phenoxy) is 1. The summed E-state index contributed by atoms with van der Waals surface area (Å²) in [5, 5.41) is 5.66. The summed E-state index contributed by atoms with van der Waals surface area (Å²) in [7, 11) is 1.75. The summed E-state index contributed by atoms with van der Waals surface area (Å²) < 4.78 is 5.42. The average molecular weight is 266 g/mol. The van der Waals surface area contributed by atoms with Gasteiger partial charge in [-0.25, -0.2) is 9.97 Å². The van der Waals surface area contributed by atoms with E-state index in [0.717, 1.165) is 19.4 Å². The molecule has 1 amide bonds. The SMILES string of the molecule is CNc1cnc(C(=O)NCCCCOC(C)C)cn1. The Morgan fingerprint density at radius 3 is 2.68 bits per heavy atom. The van der Waals surface area contributed by atoms with E-state index < -0.39 is 0 Å². The van der Waals surface area contributed by atoms with Crippen LogP contribution in [0, 0.1) is 0 Å². The van der Waals surface area contributed by atoms with Crippen molar-refractivity contribution in [1.29, 1.82) is 0 Å². The molecule has 0 saturated carbocycles. The summed E-state index contributed by atoms with van der Waals surface area (Å²) in [6.45, 7) is 5.37. The predicted molar refractivity (Wildman–Crippen MR) is 74.2 cm³/mol. The Hall–Kier alpha value is -1.69. The molecule has 19 heavy (non-hydrogen) atoms. The van der Waals surface area contributed by atoms with Crippen LogP contribution in [-0.2, 0) is 4.74 Å². The first-order valence-electron chi connectivity index (χ1n) is 6.53. The van der Waals surface area contributed by atoms with Crippen molar-refractivity contribution in [1.82, 2.24) is 15.3 Å². The highest BCUT2D eigenvalue weighted by Crippen LogP contribution is 1.99. The Labute approximate surface area is 114 Å². The molecule has 2 N–H and O–H groups in total. The summed E-state index contributed by atoms with van der Waals surface area (Å²) in [6, 6.07) is 0. The Balaban J connectivity index is 2.20. The van der Waals surface area contributed by atoms with Crippen LogP contribution < -0.4 is 10.6 Å². The highest BCUT2D eigenvalue weighted by atomic mass is 16.5. The molecule has 1 rings (SSSR count). The summed E-state index contributed by atoms with van der Waals surface area (Å²) in [6.07, 6.45) is 5.08. The highest BCUT2D eigenvalue weighted by Gasteiger charge is 2.06. The third kappa shape index (κ3) is 6.15. The van der Waals surface area contributed by atoms with Gasteiger partial charge in [0, 0.05) is 20.2 Å². The molecule has 0 atom stereocenters. The normalized spacial score (nSPS) is 10.5. The number of rotatable bonds is 8. The molecule has 6 nitrogen and oxygen atoms in total. The van der Waals surface area contributed by atoms with Gasteiger partial charge in [-0.1, -0.05) is 0 Å². The van der Waals surface area contributed by atoms with Crippen LogP contribution in [0.1, 0.15) is 37.2 Å². The fourth-order valence-corrected chi connectivity index (χ4v) is 1.41. The molecule has 0 aromatic carbocycles. The number of nitrogens with one attached hydrogen (secondary N) is 2. The van der Waals surface area contributed by atoms with Crippen molar-refractivity contribution in [3.63, 3.8) is 0 Å². The number of anilines is 1. The molecule has 0 unspecified atom stereocenters. The second-order valence-electron chi connectivity index (χ2n) is 4.42. The molecule has 1 heterocycles. The molecule has 1 aromatic heterocycles. The van der Waals surface area contributed by atoms with Crippen LogP contribution in [0.25, 0.3) is 0 Å². The van der Waals surface area contributed by atoms with Gasteiger partial charge in [0.25, 0.3) is 5.91 Å². The van der Waals surface area contributed by atoms with Crippen LogP contribution in [0.5, 0.6) is 0 Å². The first kappa shape index (κ1) is 15.4. The van der Waals surface area contributed by atoms with Crippen LogP contribution >= 0.6 is 0 Å². The molecule has 0 aliphatic rings. The third-order valence-corrected chi connectivity index (χ3v) is 2.45. The smallest absolute Gasteiger partial charge is 0.271 e. The molecule has 1 aromatic rings. The van der Waals surface area contributed by atoms with E-state index in [0.29, 0.717) is 18.1 Å². The standard InChI is InChI=1S/C13H22N4O2/c1-10(2)19-7-5-4-6-15-13(18)11-8-17-12(14-3)9-16-11/h8-10H,4-7H2,1-3H3,(H,14,17)(H,15,18). The number of unbranched alkanes of at least 4 members (excludes halogenated alkanes) is 1. The van der Waals surface area contributed by atoms with Gasteiger partial charge >= 0.3 is 0 Å². The summed E-state index contributed by atoms with van der Waals surface area (Å²) >= 11 is 0. The van der Waals surface area contributed by atoms with E-state index in [4.69, 9.17) is 4.74 Å². The van der Waals surface area contributed by atoms with Gasteiger partial charge in [-0.3, -0.25) is 4.79 Å². The van der Waals surface area contributed by atoms with E-state index in [1.54, 1.807) is 7.05 Å². The Morgan fingerprint density at radius 2 is 2.11 bits per heavy atom. The zero-order chi connectivity index (χ0) is 14.1. The van der Waals surface area contributed by atoms with Crippen molar-refractivity contribution in [2.45, 2.75) is 32.8 Å². The van der Waals surface area contributed by atoms with Crippen molar-refractivity contribution < 1.29 is 9.53 Å². The van der Waals surface area contributed by atoms with Gasteiger partial charge < -0.3 is 15.4 Å². The molecular weight excluding hydrogens is 244 g/mol. The molecule has 0 spiro atoms. The lowest BCUT2D eigenvalue weighted by Crippen LogP contribution is -2.25. The Kier molecular flexibility index (Phi) is 6.81. The van der Waals surface area contributed by atoms with E-state index in [-0.39, 0.29) is 12.0 Å². The maximum atomic E-state index is 11.7. The lowest BCUT2D eigenvalue weighted by atomic mass is 10.3. The largest absolute Gasteiger partial charge is 0.379 e. The van der Waals surface area contributed by atoms with Gasteiger partial charge in [-0.2, -0.15) is 0 Å². The first-order chi connectivity index (χ1) is 9.13. The summed E-state index contributed by atoms with van der Waals surface area (Å²) in [4.78, 5) is 19.8. The van der Waals surface area contributed by atoms with Crippen molar-refractivity contribution in [2.75, 3.05) is 25.5 Å². The number of nitrogens with zero attached hydrogens (tertiary/aromatic N) is 2. The minimum Gasteiger partial charge on any atom is -0.379 e. The Morgan fingerprint density at radius 1 is 1.32 bits per heavy atom. The molecule has 0 saturated heterocycles. The monoisotopic (exact) mass is 266 g/mol. The maximum absolute atomic E-state index is 11.7. The minimum absolute atomic E-state index is 0.195. The quantitative estimate of drug-likeness (QED) is 0.697. The van der Waals surface area contributed by atoms with Gasteiger partial charge in [-0.15, -0.1) is 0 Å². The van der Waals surface area contributed by atoms with E-state index in [1.165, 1.54) is 12.4 Å². The van der Waals surface area contributed by atoms with Crippen molar-refractivity contribution in [2.24, 2.45) is 0 Å². The predicted octanol–water partition coefficient (Wildman–Crippen LogP) is 1.45. The second-order valence-corrected chi connectivity index (χ2v) is 4.42. The van der Waals surface area contributed by atoms with Gasteiger partial charge in [-0.05, 0) is 26.7 Å². The number of carbonyl (C=O) groups is 1. The van der Waals surface area contributed by atoms with Crippen LogP contribution in [0.3, 0.4) is 0 Å². The van der Waals surface area contributed by atoms with E-state index >= 15 is 0 Å². The maximum Gasteiger partial charge on any atom is 0.271 e. The number of aromatic nitrogens is 2. The third-order valence-electron chi connectivity index (χ3n) is 2.45. The number of hydrogen-bond acceptors (Lipinski definition) is 5. The average Bonchev–Trinajstić information content (AvgIpc) is 2.42. The fourth-order valence-electron chi connectivity index (χ4n) is 1.41. The van der Waals surface area contributed by atoms with E-state index in [1.807, 2.05) is 13.8 Å². The molecule has 0 radical (unpaired) electrons. The fraction of sp³-hybridized carbons (Fsp3) is 0.615. The lowest BCUT2D eigenvalue weighted by molar-refractivity contribution is 0.0754. The number of carbonyl (C=O) groups excluding carboxylic acids is 1.